The number of thioether (sulfide) groups is 1. The minimum Gasteiger partial charge on any atom is -0.496 e. The fourth-order valence-electron chi connectivity index (χ4n) is 1.99. The SMILES string of the molecule is CCNc1nnc(SCc2cc(-c3ccccc3OC)no2)s1. The lowest BCUT2D eigenvalue weighted by Crippen LogP contribution is -1.94. The van der Waals surface area contributed by atoms with Crippen molar-refractivity contribution in [1.82, 2.24) is 15.4 Å². The summed E-state index contributed by atoms with van der Waals surface area (Å²) in [5.41, 5.74) is 1.68. The molecule has 2 heterocycles. The summed E-state index contributed by atoms with van der Waals surface area (Å²) in [6.07, 6.45) is 0. The zero-order valence-corrected chi connectivity index (χ0v) is 14.4. The van der Waals surface area contributed by atoms with E-state index in [2.05, 4.69) is 20.7 Å². The van der Waals surface area contributed by atoms with E-state index in [-0.39, 0.29) is 0 Å². The summed E-state index contributed by atoms with van der Waals surface area (Å²) < 4.78 is 11.7. The molecule has 0 spiro atoms. The summed E-state index contributed by atoms with van der Waals surface area (Å²) in [6, 6.07) is 9.67. The van der Waals surface area contributed by atoms with Gasteiger partial charge in [0.2, 0.25) is 5.13 Å². The second kappa shape index (κ2) is 7.47. The van der Waals surface area contributed by atoms with Crippen molar-refractivity contribution in [2.24, 2.45) is 0 Å². The van der Waals surface area contributed by atoms with E-state index in [1.54, 1.807) is 18.9 Å². The van der Waals surface area contributed by atoms with Gasteiger partial charge in [-0.1, -0.05) is 40.4 Å². The van der Waals surface area contributed by atoms with E-state index in [0.717, 1.165) is 38.8 Å². The first-order valence-electron chi connectivity index (χ1n) is 7.09. The normalized spacial score (nSPS) is 10.7. The Bertz CT molecular complexity index is 772. The van der Waals surface area contributed by atoms with Crippen LogP contribution in [0.15, 0.2) is 39.2 Å². The predicted octanol–water partition coefficient (Wildman–Crippen LogP) is 3.93. The van der Waals surface area contributed by atoms with Crippen LogP contribution in [0.4, 0.5) is 5.13 Å². The third-order valence-corrected chi connectivity index (χ3v) is 5.05. The molecule has 8 heteroatoms. The van der Waals surface area contributed by atoms with Crippen molar-refractivity contribution >= 4 is 28.2 Å². The lowest BCUT2D eigenvalue weighted by atomic mass is 10.1. The zero-order chi connectivity index (χ0) is 16.1. The number of hydrogen-bond donors (Lipinski definition) is 1. The number of methoxy groups -OCH3 is 1. The Hall–Kier alpha value is -2.06. The Morgan fingerprint density at radius 1 is 1.30 bits per heavy atom. The minimum atomic E-state index is 0.656. The molecule has 1 N–H and O–H groups in total. The molecule has 23 heavy (non-hydrogen) atoms. The second-order valence-electron chi connectivity index (χ2n) is 4.57. The molecule has 0 unspecified atom stereocenters. The summed E-state index contributed by atoms with van der Waals surface area (Å²) in [7, 11) is 1.65. The number of nitrogens with one attached hydrogen (secondary N) is 1. The molecule has 6 nitrogen and oxygen atoms in total. The van der Waals surface area contributed by atoms with Crippen molar-refractivity contribution in [3.8, 4) is 17.0 Å². The van der Waals surface area contributed by atoms with E-state index in [0.29, 0.717) is 5.75 Å². The molecule has 0 amide bonds. The first-order valence-corrected chi connectivity index (χ1v) is 8.89. The molecule has 0 aliphatic heterocycles. The molecule has 1 aromatic carbocycles. The van der Waals surface area contributed by atoms with Crippen LogP contribution in [0, 0.1) is 0 Å². The quantitative estimate of drug-likeness (QED) is 0.649. The molecule has 0 bridgehead atoms. The Morgan fingerprint density at radius 3 is 3.00 bits per heavy atom. The van der Waals surface area contributed by atoms with Gasteiger partial charge in [0.05, 0.1) is 12.9 Å². The number of nitrogens with zero attached hydrogens (tertiary/aromatic N) is 3. The van der Waals surface area contributed by atoms with Crippen LogP contribution in [0.25, 0.3) is 11.3 Å². The number of anilines is 1. The van der Waals surface area contributed by atoms with E-state index in [1.807, 2.05) is 37.3 Å². The van der Waals surface area contributed by atoms with Crippen LogP contribution in [0.5, 0.6) is 5.75 Å². The molecule has 0 aliphatic carbocycles. The monoisotopic (exact) mass is 348 g/mol. The summed E-state index contributed by atoms with van der Waals surface area (Å²) in [5.74, 6) is 2.22. The van der Waals surface area contributed by atoms with Gasteiger partial charge in [-0.15, -0.1) is 10.2 Å². The van der Waals surface area contributed by atoms with Gasteiger partial charge >= 0.3 is 0 Å². The Balaban J connectivity index is 1.67. The van der Waals surface area contributed by atoms with Crippen molar-refractivity contribution in [1.29, 1.82) is 0 Å². The zero-order valence-electron chi connectivity index (χ0n) is 12.8. The lowest BCUT2D eigenvalue weighted by molar-refractivity contribution is 0.395. The van der Waals surface area contributed by atoms with Crippen LogP contribution in [-0.2, 0) is 5.75 Å². The number of ether oxygens (including phenoxy) is 1. The van der Waals surface area contributed by atoms with Gasteiger partial charge in [0.1, 0.15) is 17.2 Å². The summed E-state index contributed by atoms with van der Waals surface area (Å²) in [6.45, 7) is 2.87. The van der Waals surface area contributed by atoms with Crippen LogP contribution in [0.1, 0.15) is 12.7 Å². The standard InChI is InChI=1S/C15H16N4O2S2/c1-3-16-14-17-18-15(23-14)22-9-10-8-12(19-21-10)11-6-4-5-7-13(11)20-2/h4-8H,3,9H2,1-2H3,(H,16,17). The predicted molar refractivity (Wildman–Crippen MR) is 92.1 cm³/mol. The van der Waals surface area contributed by atoms with Crippen molar-refractivity contribution in [2.75, 3.05) is 19.0 Å². The highest BCUT2D eigenvalue weighted by molar-refractivity contribution is 8.00. The highest BCUT2D eigenvalue weighted by Gasteiger charge is 2.12. The second-order valence-corrected chi connectivity index (χ2v) is 6.77. The highest BCUT2D eigenvalue weighted by Crippen LogP contribution is 2.32. The average molecular weight is 348 g/mol. The van der Waals surface area contributed by atoms with Crippen molar-refractivity contribution in [3.05, 3.63) is 36.1 Å². The van der Waals surface area contributed by atoms with Gasteiger partial charge in [-0.05, 0) is 19.1 Å². The maximum atomic E-state index is 5.41. The maximum absolute atomic E-state index is 5.41. The summed E-state index contributed by atoms with van der Waals surface area (Å²) >= 11 is 3.11. The first kappa shape index (κ1) is 15.8. The van der Waals surface area contributed by atoms with Gasteiger partial charge in [-0.25, -0.2) is 0 Å². The Morgan fingerprint density at radius 2 is 2.17 bits per heavy atom. The fourth-order valence-corrected chi connectivity index (χ4v) is 3.68. The molecular formula is C15H16N4O2S2. The molecular weight excluding hydrogens is 332 g/mol. The van der Waals surface area contributed by atoms with Crippen molar-refractivity contribution in [2.45, 2.75) is 17.0 Å². The smallest absolute Gasteiger partial charge is 0.206 e. The van der Waals surface area contributed by atoms with Crippen LogP contribution in [0.3, 0.4) is 0 Å². The largest absolute Gasteiger partial charge is 0.496 e. The molecule has 0 radical (unpaired) electrons. The fraction of sp³-hybridized carbons (Fsp3) is 0.267. The molecule has 2 aromatic heterocycles. The van der Waals surface area contributed by atoms with E-state index >= 15 is 0 Å². The van der Waals surface area contributed by atoms with Crippen LogP contribution < -0.4 is 10.1 Å². The third kappa shape index (κ3) is 3.83. The molecule has 0 atom stereocenters. The minimum absolute atomic E-state index is 0.656. The van der Waals surface area contributed by atoms with Crippen LogP contribution >= 0.6 is 23.1 Å². The molecule has 0 saturated carbocycles. The van der Waals surface area contributed by atoms with Crippen LogP contribution in [-0.4, -0.2) is 29.0 Å². The highest BCUT2D eigenvalue weighted by atomic mass is 32.2. The van der Waals surface area contributed by atoms with Gasteiger partial charge in [-0.2, -0.15) is 0 Å². The number of para-hydroxylation sites is 1. The number of rotatable bonds is 7. The topological polar surface area (TPSA) is 73.1 Å². The Labute approximate surface area is 142 Å². The number of benzene rings is 1. The number of hydrogen-bond acceptors (Lipinski definition) is 8. The molecule has 0 saturated heterocycles. The molecule has 3 rings (SSSR count). The summed E-state index contributed by atoms with van der Waals surface area (Å²) in [4.78, 5) is 0. The van der Waals surface area contributed by atoms with E-state index in [1.165, 1.54) is 11.3 Å². The molecule has 0 aliphatic rings. The first-order chi connectivity index (χ1) is 11.3. The van der Waals surface area contributed by atoms with Gasteiger partial charge in [0, 0.05) is 18.2 Å². The van der Waals surface area contributed by atoms with E-state index < -0.39 is 0 Å². The third-order valence-electron chi connectivity index (χ3n) is 3.01. The average Bonchev–Trinajstić information content (AvgIpc) is 3.22. The van der Waals surface area contributed by atoms with E-state index in [9.17, 15) is 0 Å². The van der Waals surface area contributed by atoms with Gasteiger partial charge in [0.15, 0.2) is 4.34 Å². The van der Waals surface area contributed by atoms with Crippen LogP contribution in [0.2, 0.25) is 0 Å². The van der Waals surface area contributed by atoms with Crippen molar-refractivity contribution in [3.63, 3.8) is 0 Å². The van der Waals surface area contributed by atoms with Gasteiger partial charge < -0.3 is 14.6 Å². The van der Waals surface area contributed by atoms with E-state index in [4.69, 9.17) is 9.26 Å². The summed E-state index contributed by atoms with van der Waals surface area (Å²) in [5, 5.41) is 16.3. The Kier molecular flexibility index (Phi) is 5.14. The van der Waals surface area contributed by atoms with Gasteiger partial charge in [-0.3, -0.25) is 0 Å². The van der Waals surface area contributed by atoms with Gasteiger partial charge in [0.25, 0.3) is 0 Å². The molecule has 3 aromatic rings. The van der Waals surface area contributed by atoms with Crippen molar-refractivity contribution < 1.29 is 9.26 Å². The maximum Gasteiger partial charge on any atom is 0.206 e. The molecule has 0 fully saturated rings. The lowest BCUT2D eigenvalue weighted by Gasteiger charge is -2.03. The number of aromatic nitrogens is 3. The molecule has 120 valence electrons.